The van der Waals surface area contributed by atoms with Crippen LogP contribution in [0.4, 0.5) is 5.69 Å². The van der Waals surface area contributed by atoms with E-state index in [0.717, 1.165) is 31.3 Å². The van der Waals surface area contributed by atoms with Gasteiger partial charge in [-0.15, -0.1) is 11.3 Å². The molecule has 3 rings (SSSR count). The van der Waals surface area contributed by atoms with E-state index in [1.807, 2.05) is 51.1 Å². The van der Waals surface area contributed by atoms with Crippen LogP contribution in [0.15, 0.2) is 47.3 Å². The zero-order valence-corrected chi connectivity index (χ0v) is 18.2. The molecule has 0 saturated carbocycles. The van der Waals surface area contributed by atoms with Gasteiger partial charge in [-0.1, -0.05) is 18.2 Å². The predicted octanol–water partition coefficient (Wildman–Crippen LogP) is 2.99. The van der Waals surface area contributed by atoms with E-state index in [2.05, 4.69) is 10.4 Å². The van der Waals surface area contributed by atoms with Gasteiger partial charge in [0.2, 0.25) is 11.8 Å². The molecule has 0 fully saturated rings. The van der Waals surface area contributed by atoms with E-state index >= 15 is 0 Å². The number of carbonyl (C=O) groups is 2. The van der Waals surface area contributed by atoms with E-state index in [-0.39, 0.29) is 30.5 Å². The number of rotatable bonds is 6. The highest BCUT2D eigenvalue weighted by molar-refractivity contribution is 7.15. The molecule has 30 heavy (non-hydrogen) atoms. The van der Waals surface area contributed by atoms with Crippen LogP contribution in [0.25, 0.3) is 10.6 Å². The van der Waals surface area contributed by atoms with Gasteiger partial charge in [0.25, 0.3) is 5.56 Å². The lowest BCUT2D eigenvalue weighted by Gasteiger charge is -2.18. The fourth-order valence-electron chi connectivity index (χ4n) is 3.01. The van der Waals surface area contributed by atoms with Crippen LogP contribution in [0.3, 0.4) is 0 Å². The lowest BCUT2D eigenvalue weighted by molar-refractivity contribution is -0.134. The first-order chi connectivity index (χ1) is 14.2. The number of hydrogen-bond donors (Lipinski definition) is 1. The van der Waals surface area contributed by atoms with Gasteiger partial charge in [0.1, 0.15) is 12.2 Å². The second-order valence-electron chi connectivity index (χ2n) is 7.19. The Hall–Kier alpha value is -3.26. The molecule has 2 amide bonds. The summed E-state index contributed by atoms with van der Waals surface area (Å²) in [7, 11) is 1.53. The quantitative estimate of drug-likeness (QED) is 0.659. The van der Waals surface area contributed by atoms with Gasteiger partial charge in [0.15, 0.2) is 0 Å². The van der Waals surface area contributed by atoms with Crippen molar-refractivity contribution in [3.8, 4) is 10.6 Å². The molecule has 0 atom stereocenters. The average molecular weight is 425 g/mol. The molecule has 0 saturated heterocycles. The second kappa shape index (κ2) is 9.04. The van der Waals surface area contributed by atoms with Crippen molar-refractivity contribution < 1.29 is 9.59 Å². The van der Waals surface area contributed by atoms with Gasteiger partial charge in [0.05, 0.1) is 11.4 Å². The molecular weight excluding hydrogens is 400 g/mol. The first-order valence-electron chi connectivity index (χ1n) is 9.49. The number of thiophene rings is 1. The number of aryl methyl sites for hydroxylation is 3. The Kier molecular flexibility index (Phi) is 6.47. The van der Waals surface area contributed by atoms with Crippen molar-refractivity contribution in [1.29, 1.82) is 0 Å². The van der Waals surface area contributed by atoms with Crippen molar-refractivity contribution in [2.45, 2.75) is 27.3 Å². The van der Waals surface area contributed by atoms with Crippen molar-refractivity contribution in [3.05, 3.63) is 68.8 Å². The number of anilines is 1. The van der Waals surface area contributed by atoms with Crippen molar-refractivity contribution in [1.82, 2.24) is 14.7 Å². The first kappa shape index (κ1) is 21.4. The van der Waals surface area contributed by atoms with Crippen LogP contribution in [0.5, 0.6) is 0 Å². The van der Waals surface area contributed by atoms with Crippen molar-refractivity contribution in [2.24, 2.45) is 0 Å². The van der Waals surface area contributed by atoms with E-state index in [0.29, 0.717) is 5.69 Å². The number of hydrogen-bond acceptors (Lipinski definition) is 5. The third kappa shape index (κ3) is 5.01. The van der Waals surface area contributed by atoms with Crippen LogP contribution in [0, 0.1) is 20.8 Å². The highest BCUT2D eigenvalue weighted by Crippen LogP contribution is 2.25. The lowest BCUT2D eigenvalue weighted by Crippen LogP contribution is -2.39. The minimum atomic E-state index is -0.374. The van der Waals surface area contributed by atoms with E-state index in [1.54, 1.807) is 17.4 Å². The Morgan fingerprint density at radius 3 is 2.40 bits per heavy atom. The second-order valence-corrected chi connectivity index (χ2v) is 8.48. The molecule has 0 bridgehead atoms. The molecule has 0 radical (unpaired) electrons. The van der Waals surface area contributed by atoms with Crippen molar-refractivity contribution in [3.63, 3.8) is 0 Å². The SMILES string of the molecule is Cc1ccc(-c2ccc(=O)n(CC(=O)N(C)CC(=O)Nc3c(C)cccc3C)n2)s1. The molecule has 0 aliphatic rings. The number of para-hydroxylation sites is 1. The van der Waals surface area contributed by atoms with Gasteiger partial charge in [-0.05, 0) is 50.1 Å². The van der Waals surface area contributed by atoms with Gasteiger partial charge in [0, 0.05) is 23.7 Å². The Morgan fingerprint density at radius 1 is 1.07 bits per heavy atom. The normalized spacial score (nSPS) is 10.7. The number of amides is 2. The molecule has 0 unspecified atom stereocenters. The summed E-state index contributed by atoms with van der Waals surface area (Å²) in [6.45, 7) is 5.47. The zero-order chi connectivity index (χ0) is 21.8. The summed E-state index contributed by atoms with van der Waals surface area (Å²) in [4.78, 5) is 40.5. The summed E-state index contributed by atoms with van der Waals surface area (Å²) < 4.78 is 1.13. The number of nitrogens with one attached hydrogen (secondary N) is 1. The lowest BCUT2D eigenvalue weighted by atomic mass is 10.1. The van der Waals surface area contributed by atoms with Gasteiger partial charge in [-0.2, -0.15) is 5.10 Å². The highest BCUT2D eigenvalue weighted by atomic mass is 32.1. The Balaban J connectivity index is 1.67. The maximum absolute atomic E-state index is 12.6. The maximum atomic E-state index is 12.6. The molecule has 8 heteroatoms. The fraction of sp³-hybridized carbons (Fsp3) is 0.273. The van der Waals surface area contributed by atoms with E-state index in [9.17, 15) is 14.4 Å². The molecule has 1 aromatic carbocycles. The van der Waals surface area contributed by atoms with Crippen molar-refractivity contribution >= 4 is 28.8 Å². The number of carbonyl (C=O) groups excluding carboxylic acids is 2. The molecule has 0 spiro atoms. The molecule has 1 N–H and O–H groups in total. The first-order valence-corrected chi connectivity index (χ1v) is 10.3. The Bertz CT molecular complexity index is 1130. The largest absolute Gasteiger partial charge is 0.335 e. The van der Waals surface area contributed by atoms with Gasteiger partial charge < -0.3 is 10.2 Å². The summed E-state index contributed by atoms with van der Waals surface area (Å²) in [5, 5.41) is 7.17. The average Bonchev–Trinajstić information content (AvgIpc) is 3.12. The standard InChI is InChI=1S/C22H24N4O3S/c1-14-6-5-7-15(2)22(14)23-19(27)12-25(4)21(29)13-26-20(28)11-9-17(24-26)18-10-8-16(3)30-18/h5-11H,12-13H2,1-4H3,(H,23,27). The van der Waals surface area contributed by atoms with Crippen molar-refractivity contribution in [2.75, 3.05) is 18.9 Å². The van der Waals surface area contributed by atoms with Crippen LogP contribution in [0.2, 0.25) is 0 Å². The van der Waals surface area contributed by atoms with E-state index in [4.69, 9.17) is 0 Å². The summed E-state index contributed by atoms with van der Waals surface area (Å²) in [6, 6.07) is 12.7. The molecule has 3 aromatic rings. The molecule has 7 nitrogen and oxygen atoms in total. The van der Waals surface area contributed by atoms with Gasteiger partial charge >= 0.3 is 0 Å². The summed E-state index contributed by atoms with van der Waals surface area (Å²) in [5.74, 6) is -0.674. The third-order valence-corrected chi connectivity index (χ3v) is 5.72. The predicted molar refractivity (Wildman–Crippen MR) is 119 cm³/mol. The maximum Gasteiger partial charge on any atom is 0.267 e. The van der Waals surface area contributed by atoms with E-state index < -0.39 is 0 Å². The Morgan fingerprint density at radius 2 is 1.77 bits per heavy atom. The topological polar surface area (TPSA) is 84.3 Å². The number of likely N-dealkylation sites (N-methyl/N-ethyl adjacent to an activating group) is 1. The number of benzene rings is 1. The van der Waals surface area contributed by atoms with E-state index in [1.165, 1.54) is 18.0 Å². The number of aromatic nitrogens is 2. The molecular formula is C22H24N4O3S. The molecule has 0 aliphatic carbocycles. The molecule has 2 heterocycles. The monoisotopic (exact) mass is 424 g/mol. The van der Waals surface area contributed by atoms with Crippen LogP contribution in [-0.4, -0.2) is 40.1 Å². The number of nitrogens with zero attached hydrogens (tertiary/aromatic N) is 3. The van der Waals surface area contributed by atoms with Crippen LogP contribution in [0.1, 0.15) is 16.0 Å². The highest BCUT2D eigenvalue weighted by Gasteiger charge is 2.16. The summed E-state index contributed by atoms with van der Waals surface area (Å²) in [5.41, 5.74) is 2.92. The van der Waals surface area contributed by atoms with Crippen LogP contribution in [-0.2, 0) is 16.1 Å². The van der Waals surface area contributed by atoms with Crippen LogP contribution < -0.4 is 10.9 Å². The third-order valence-electron chi connectivity index (χ3n) is 4.70. The molecule has 2 aromatic heterocycles. The van der Waals surface area contributed by atoms with Crippen LogP contribution >= 0.6 is 11.3 Å². The fourth-order valence-corrected chi connectivity index (χ4v) is 3.84. The smallest absolute Gasteiger partial charge is 0.267 e. The minimum Gasteiger partial charge on any atom is -0.335 e. The summed E-state index contributed by atoms with van der Waals surface area (Å²) in [6.07, 6.45) is 0. The Labute approximate surface area is 179 Å². The molecule has 0 aliphatic heterocycles. The van der Waals surface area contributed by atoms with Gasteiger partial charge in [-0.3, -0.25) is 14.4 Å². The summed E-state index contributed by atoms with van der Waals surface area (Å²) >= 11 is 1.57. The zero-order valence-electron chi connectivity index (χ0n) is 17.4. The minimum absolute atomic E-state index is 0.120. The van der Waals surface area contributed by atoms with Gasteiger partial charge in [-0.25, -0.2) is 4.68 Å². The molecule has 156 valence electrons.